The molecule has 0 aliphatic heterocycles. The van der Waals surface area contributed by atoms with Crippen molar-refractivity contribution in [2.45, 2.75) is 57.3 Å². The van der Waals surface area contributed by atoms with Crippen molar-refractivity contribution in [2.75, 3.05) is 6.61 Å². The molecule has 0 radical (unpaired) electrons. The minimum Gasteiger partial charge on any atom is -0.490 e. The molecule has 2 aliphatic carbocycles. The maximum atomic E-state index is 15.1. The Morgan fingerprint density at radius 3 is 2.25 bits per heavy atom. The molecular weight excluding hydrogens is 402 g/mol. The quantitative estimate of drug-likeness (QED) is 0.377. The van der Waals surface area contributed by atoms with E-state index >= 15 is 8.78 Å². The summed E-state index contributed by atoms with van der Waals surface area (Å²) in [7, 11) is 0. The SMILES string of the molecule is C=CCCC1CCC2CC(c3cc(F)c(-c4ccc(OCC=C)cc4)c(F)c3)CCC2C1. The molecule has 2 aromatic rings. The van der Waals surface area contributed by atoms with E-state index in [2.05, 4.69) is 13.2 Å². The predicted octanol–water partition coefficient (Wildman–Crippen LogP) is 8.46. The molecule has 2 aromatic carbocycles. The van der Waals surface area contributed by atoms with Crippen LogP contribution in [0.15, 0.2) is 61.7 Å². The Bertz CT molecular complexity index is 910. The molecule has 4 unspecified atom stereocenters. The van der Waals surface area contributed by atoms with Gasteiger partial charge in [0.05, 0.1) is 5.56 Å². The van der Waals surface area contributed by atoms with Gasteiger partial charge in [0.2, 0.25) is 0 Å². The van der Waals surface area contributed by atoms with Crippen molar-refractivity contribution in [1.82, 2.24) is 0 Å². The highest BCUT2D eigenvalue weighted by atomic mass is 19.1. The van der Waals surface area contributed by atoms with Gasteiger partial charge >= 0.3 is 0 Å². The first kappa shape index (κ1) is 22.8. The number of allylic oxidation sites excluding steroid dienone is 1. The first-order chi connectivity index (χ1) is 15.6. The zero-order valence-electron chi connectivity index (χ0n) is 18.9. The smallest absolute Gasteiger partial charge is 0.134 e. The van der Waals surface area contributed by atoms with Crippen LogP contribution in [0.1, 0.15) is 62.8 Å². The standard InChI is InChI=1S/C29H34F2O/c1-3-5-6-20-7-8-23-17-24(10-9-22(23)16-20)25-18-27(30)29(28(31)19-25)21-11-13-26(14-12-21)32-15-4-2/h3-4,11-14,18-20,22-24H,1-2,5-10,15-17H2. The van der Waals surface area contributed by atoms with Crippen LogP contribution in [-0.2, 0) is 0 Å². The van der Waals surface area contributed by atoms with Gasteiger partial charge in [0.25, 0.3) is 0 Å². The van der Waals surface area contributed by atoms with Gasteiger partial charge in [0.1, 0.15) is 24.0 Å². The van der Waals surface area contributed by atoms with Crippen LogP contribution in [0.5, 0.6) is 5.75 Å². The van der Waals surface area contributed by atoms with Gasteiger partial charge in [0.15, 0.2) is 0 Å². The van der Waals surface area contributed by atoms with Crippen LogP contribution in [0.25, 0.3) is 11.1 Å². The first-order valence-corrected chi connectivity index (χ1v) is 12.0. The summed E-state index contributed by atoms with van der Waals surface area (Å²) in [6.07, 6.45) is 13.2. The third-order valence-electron chi connectivity index (χ3n) is 7.55. The Morgan fingerprint density at radius 2 is 1.56 bits per heavy atom. The molecule has 32 heavy (non-hydrogen) atoms. The summed E-state index contributed by atoms with van der Waals surface area (Å²) in [4.78, 5) is 0. The van der Waals surface area contributed by atoms with E-state index in [0.717, 1.165) is 36.7 Å². The Balaban J connectivity index is 1.45. The molecule has 0 spiro atoms. The van der Waals surface area contributed by atoms with E-state index in [0.29, 0.717) is 23.8 Å². The molecule has 3 heteroatoms. The molecular formula is C29H34F2O. The summed E-state index contributed by atoms with van der Waals surface area (Å²) in [5, 5.41) is 0. The van der Waals surface area contributed by atoms with E-state index in [1.54, 1.807) is 42.5 Å². The van der Waals surface area contributed by atoms with Crippen molar-refractivity contribution >= 4 is 0 Å². The van der Waals surface area contributed by atoms with Crippen LogP contribution in [0.4, 0.5) is 8.78 Å². The fourth-order valence-corrected chi connectivity index (χ4v) is 5.88. The number of benzene rings is 2. The largest absolute Gasteiger partial charge is 0.490 e. The van der Waals surface area contributed by atoms with E-state index < -0.39 is 11.6 Å². The number of halogens is 2. The zero-order chi connectivity index (χ0) is 22.5. The second-order valence-electron chi connectivity index (χ2n) is 9.56. The third-order valence-corrected chi connectivity index (χ3v) is 7.55. The fourth-order valence-electron chi connectivity index (χ4n) is 5.88. The monoisotopic (exact) mass is 436 g/mol. The molecule has 2 fully saturated rings. The van der Waals surface area contributed by atoms with Crippen LogP contribution in [-0.4, -0.2) is 6.61 Å². The van der Waals surface area contributed by atoms with Crippen molar-refractivity contribution in [3.63, 3.8) is 0 Å². The lowest BCUT2D eigenvalue weighted by atomic mass is 9.63. The summed E-state index contributed by atoms with van der Waals surface area (Å²) < 4.78 is 35.6. The van der Waals surface area contributed by atoms with Gasteiger partial charge in [-0.2, -0.15) is 0 Å². The summed E-state index contributed by atoms with van der Waals surface area (Å²) in [6.45, 7) is 7.87. The highest BCUT2D eigenvalue weighted by Gasteiger charge is 2.36. The van der Waals surface area contributed by atoms with Crippen molar-refractivity contribution in [3.05, 3.63) is 78.9 Å². The van der Waals surface area contributed by atoms with Gasteiger partial charge < -0.3 is 4.74 Å². The Morgan fingerprint density at radius 1 is 0.875 bits per heavy atom. The van der Waals surface area contributed by atoms with E-state index in [1.807, 2.05) is 6.08 Å². The number of ether oxygens (including phenoxy) is 1. The van der Waals surface area contributed by atoms with Gasteiger partial charge in [0, 0.05) is 0 Å². The van der Waals surface area contributed by atoms with Crippen molar-refractivity contribution in [3.8, 4) is 16.9 Å². The second kappa shape index (κ2) is 10.5. The number of hydrogen-bond acceptors (Lipinski definition) is 1. The van der Waals surface area contributed by atoms with Crippen LogP contribution >= 0.6 is 0 Å². The topological polar surface area (TPSA) is 9.23 Å². The molecule has 2 aliphatic rings. The molecule has 1 nitrogen and oxygen atoms in total. The summed E-state index contributed by atoms with van der Waals surface area (Å²) >= 11 is 0. The molecule has 2 saturated carbocycles. The predicted molar refractivity (Wildman–Crippen MR) is 128 cm³/mol. The molecule has 0 saturated heterocycles. The highest BCUT2D eigenvalue weighted by molar-refractivity contribution is 5.66. The fraction of sp³-hybridized carbons (Fsp3) is 0.448. The first-order valence-electron chi connectivity index (χ1n) is 12.0. The Kier molecular flexibility index (Phi) is 7.44. The molecule has 0 aromatic heterocycles. The molecule has 0 bridgehead atoms. The van der Waals surface area contributed by atoms with Gasteiger partial charge in [-0.1, -0.05) is 37.3 Å². The molecule has 0 N–H and O–H groups in total. The van der Waals surface area contributed by atoms with E-state index in [9.17, 15) is 0 Å². The molecule has 4 atom stereocenters. The Hall–Kier alpha value is -2.42. The molecule has 170 valence electrons. The van der Waals surface area contributed by atoms with E-state index in [-0.39, 0.29) is 11.5 Å². The minimum absolute atomic E-state index is 0.0421. The lowest BCUT2D eigenvalue weighted by Crippen LogP contribution is -2.30. The van der Waals surface area contributed by atoms with E-state index in [4.69, 9.17) is 4.74 Å². The molecule has 4 rings (SSSR count). The highest BCUT2D eigenvalue weighted by Crippen LogP contribution is 2.48. The van der Waals surface area contributed by atoms with Crippen molar-refractivity contribution in [1.29, 1.82) is 0 Å². The molecule has 0 heterocycles. The van der Waals surface area contributed by atoms with Crippen LogP contribution in [0.3, 0.4) is 0 Å². The Labute approximate surface area is 191 Å². The van der Waals surface area contributed by atoms with Gasteiger partial charge in [-0.3, -0.25) is 0 Å². The number of fused-ring (bicyclic) bond motifs is 1. The van der Waals surface area contributed by atoms with Gasteiger partial charge in [-0.25, -0.2) is 8.78 Å². The van der Waals surface area contributed by atoms with Crippen molar-refractivity contribution < 1.29 is 13.5 Å². The summed E-state index contributed by atoms with van der Waals surface area (Å²) in [6, 6.07) is 10.0. The zero-order valence-corrected chi connectivity index (χ0v) is 18.9. The number of hydrogen-bond donors (Lipinski definition) is 0. The summed E-state index contributed by atoms with van der Waals surface area (Å²) in [5.41, 5.74) is 1.39. The number of rotatable bonds is 8. The lowest BCUT2D eigenvalue weighted by molar-refractivity contribution is 0.115. The van der Waals surface area contributed by atoms with Crippen molar-refractivity contribution in [2.24, 2.45) is 17.8 Å². The average molecular weight is 437 g/mol. The average Bonchev–Trinajstić information content (AvgIpc) is 2.81. The lowest BCUT2D eigenvalue weighted by Gasteiger charge is -2.42. The second-order valence-corrected chi connectivity index (χ2v) is 9.56. The molecule has 0 amide bonds. The van der Waals surface area contributed by atoms with Crippen LogP contribution in [0, 0.1) is 29.4 Å². The van der Waals surface area contributed by atoms with E-state index in [1.165, 1.54) is 32.1 Å². The third kappa shape index (κ3) is 5.14. The normalized spacial score (nSPS) is 25.1. The maximum absolute atomic E-state index is 15.1. The maximum Gasteiger partial charge on any atom is 0.134 e. The van der Waals surface area contributed by atoms with Crippen LogP contribution < -0.4 is 4.74 Å². The minimum atomic E-state index is -0.477. The van der Waals surface area contributed by atoms with Gasteiger partial charge in [-0.15, -0.1) is 6.58 Å². The van der Waals surface area contributed by atoms with Crippen LogP contribution in [0.2, 0.25) is 0 Å². The van der Waals surface area contributed by atoms with Gasteiger partial charge in [-0.05, 0) is 104 Å². The summed E-state index contributed by atoms with van der Waals surface area (Å²) in [5.74, 6) is 2.27.